The predicted octanol–water partition coefficient (Wildman–Crippen LogP) is 5.72. The zero-order valence-corrected chi connectivity index (χ0v) is 30.2. The number of pyridine rings is 1. The standard InChI is InChI=1S/C16H14F2N4OS.C10H11F2NO2.C7H9N3OS/c1-21(12-5-4-10(17)7-11(12)18)13-6-9-8-19-16(24-3)20-14(9)22(2)15(13)23;1-13(6-10(14)15-2)9-4-3-7(11)5-8(9)12;1-8-6-5(4-11)3-9-7(10-6)12-2/h4-8H,1-3H3;3-5H,6H2,1-2H3;3-4H,1-2H3,(H,8,9,10). The minimum atomic E-state index is -0.742. The Hall–Kier alpha value is -5.23. The Bertz CT molecular complexity index is 2070. The topological polar surface area (TPSA) is 135 Å². The molecular weight excluding hydrogens is 713 g/mol. The number of fused-ring (bicyclic) bond motifs is 1. The Morgan fingerprint density at radius 1 is 0.902 bits per heavy atom. The van der Waals surface area contributed by atoms with Crippen molar-refractivity contribution in [3.63, 3.8) is 0 Å². The number of ether oxygens (including phenoxy) is 1. The van der Waals surface area contributed by atoms with Crippen LogP contribution < -0.4 is 20.7 Å². The van der Waals surface area contributed by atoms with Crippen LogP contribution in [-0.4, -0.2) is 84.1 Å². The molecule has 0 aliphatic heterocycles. The number of nitrogens with one attached hydrogen (secondary N) is 1. The number of carbonyl (C=O) groups is 2. The fourth-order valence-electron chi connectivity index (χ4n) is 4.33. The lowest BCUT2D eigenvalue weighted by Crippen LogP contribution is -2.27. The lowest BCUT2D eigenvalue weighted by Gasteiger charge is -2.20. The molecule has 0 atom stereocenters. The van der Waals surface area contributed by atoms with Crippen LogP contribution in [0.3, 0.4) is 0 Å². The van der Waals surface area contributed by atoms with E-state index in [1.807, 2.05) is 12.5 Å². The van der Waals surface area contributed by atoms with Crippen molar-refractivity contribution in [2.75, 3.05) is 62.4 Å². The van der Waals surface area contributed by atoms with E-state index in [0.29, 0.717) is 32.7 Å². The summed E-state index contributed by atoms with van der Waals surface area (Å²) < 4.78 is 58.7. The number of hydrogen-bond donors (Lipinski definition) is 1. The second kappa shape index (κ2) is 18.7. The van der Waals surface area contributed by atoms with Crippen molar-refractivity contribution >= 4 is 69.7 Å². The van der Waals surface area contributed by atoms with Crippen LogP contribution in [0.5, 0.6) is 0 Å². The molecule has 3 heterocycles. The van der Waals surface area contributed by atoms with Crippen molar-refractivity contribution in [3.05, 3.63) is 94.0 Å². The maximum atomic E-state index is 14.0. The van der Waals surface area contributed by atoms with Crippen LogP contribution in [0.2, 0.25) is 0 Å². The number of nitrogens with zero attached hydrogens (tertiary/aromatic N) is 7. The lowest BCUT2D eigenvalue weighted by atomic mass is 10.2. The van der Waals surface area contributed by atoms with Crippen LogP contribution in [-0.2, 0) is 16.6 Å². The predicted molar refractivity (Wildman–Crippen MR) is 191 cm³/mol. The molecule has 0 unspecified atom stereocenters. The molecule has 18 heteroatoms. The highest BCUT2D eigenvalue weighted by Gasteiger charge is 2.17. The van der Waals surface area contributed by atoms with Crippen molar-refractivity contribution in [2.24, 2.45) is 7.05 Å². The van der Waals surface area contributed by atoms with Gasteiger partial charge in [-0.1, -0.05) is 23.5 Å². The highest BCUT2D eigenvalue weighted by atomic mass is 32.2. The number of hydrogen-bond acceptors (Lipinski definition) is 13. The summed E-state index contributed by atoms with van der Waals surface area (Å²) in [6, 6.07) is 7.99. The highest BCUT2D eigenvalue weighted by Crippen LogP contribution is 2.27. The fraction of sp³-hybridized carbons (Fsp3) is 0.242. The number of benzene rings is 2. The number of aryl methyl sites for hydroxylation is 1. The van der Waals surface area contributed by atoms with Gasteiger partial charge in [-0.05, 0) is 42.8 Å². The van der Waals surface area contributed by atoms with Gasteiger partial charge in [-0.3, -0.25) is 19.0 Å². The first kappa shape index (κ1) is 40.2. The number of aldehydes is 1. The maximum Gasteiger partial charge on any atom is 0.325 e. The van der Waals surface area contributed by atoms with Gasteiger partial charge < -0.3 is 19.9 Å². The summed E-state index contributed by atoms with van der Waals surface area (Å²) in [5.74, 6) is -2.68. The van der Waals surface area contributed by atoms with E-state index in [2.05, 4.69) is 30.0 Å². The van der Waals surface area contributed by atoms with Gasteiger partial charge in [-0.25, -0.2) is 37.5 Å². The van der Waals surface area contributed by atoms with Crippen molar-refractivity contribution in [2.45, 2.75) is 10.3 Å². The lowest BCUT2D eigenvalue weighted by molar-refractivity contribution is -0.138. The largest absolute Gasteiger partial charge is 0.468 e. The second-order valence-electron chi connectivity index (χ2n) is 10.2. The molecule has 0 radical (unpaired) electrons. The smallest absolute Gasteiger partial charge is 0.325 e. The van der Waals surface area contributed by atoms with Crippen LogP contribution in [0, 0.1) is 23.3 Å². The maximum absolute atomic E-state index is 14.0. The van der Waals surface area contributed by atoms with Gasteiger partial charge in [0.2, 0.25) is 0 Å². The molecule has 0 saturated carbocycles. The zero-order valence-electron chi connectivity index (χ0n) is 28.6. The minimum absolute atomic E-state index is 0.0843. The summed E-state index contributed by atoms with van der Waals surface area (Å²) in [5.41, 5.74) is 1.15. The highest BCUT2D eigenvalue weighted by molar-refractivity contribution is 7.98. The van der Waals surface area contributed by atoms with Gasteiger partial charge in [0.25, 0.3) is 5.56 Å². The van der Waals surface area contributed by atoms with Gasteiger partial charge in [0.05, 0.1) is 24.0 Å². The molecule has 12 nitrogen and oxygen atoms in total. The van der Waals surface area contributed by atoms with Gasteiger partial charge >= 0.3 is 5.97 Å². The van der Waals surface area contributed by atoms with Crippen molar-refractivity contribution in [1.29, 1.82) is 0 Å². The number of rotatable bonds is 9. The van der Waals surface area contributed by atoms with Crippen LogP contribution in [0.4, 0.5) is 40.4 Å². The average molecular weight is 747 g/mol. The molecule has 0 bridgehead atoms. The Morgan fingerprint density at radius 3 is 2.00 bits per heavy atom. The molecule has 0 aliphatic rings. The monoisotopic (exact) mass is 746 g/mol. The third-order valence-corrected chi connectivity index (χ3v) is 8.10. The number of halogens is 4. The summed E-state index contributed by atoms with van der Waals surface area (Å²) in [4.78, 5) is 53.3. The van der Waals surface area contributed by atoms with Crippen LogP contribution in [0.15, 0.2) is 70.0 Å². The fourth-order valence-corrected chi connectivity index (χ4v) is 5.01. The molecule has 1 N–H and O–H groups in total. The van der Waals surface area contributed by atoms with Gasteiger partial charge in [-0.2, -0.15) is 0 Å². The first-order chi connectivity index (χ1) is 24.3. The third kappa shape index (κ3) is 10.4. The van der Waals surface area contributed by atoms with Gasteiger partial charge in [0.15, 0.2) is 16.6 Å². The zero-order chi connectivity index (χ0) is 37.8. The molecule has 2 aromatic carbocycles. The number of carbonyl (C=O) groups excluding carboxylic acids is 2. The molecular formula is C33H34F4N8O4S2. The van der Waals surface area contributed by atoms with Crippen LogP contribution in [0.1, 0.15) is 10.4 Å². The molecule has 5 rings (SSSR count). The molecule has 5 aromatic rings. The number of esters is 1. The van der Waals surface area contributed by atoms with E-state index in [0.717, 1.165) is 30.6 Å². The van der Waals surface area contributed by atoms with Gasteiger partial charge in [0.1, 0.15) is 47.0 Å². The number of anilines is 4. The Kier molecular flexibility index (Phi) is 14.7. The quantitative estimate of drug-likeness (QED) is 0.0648. The molecule has 0 amide bonds. The van der Waals surface area contributed by atoms with Gasteiger partial charge in [0, 0.05) is 58.1 Å². The Labute approximate surface area is 299 Å². The van der Waals surface area contributed by atoms with Gasteiger partial charge in [-0.15, -0.1) is 0 Å². The first-order valence-electron chi connectivity index (χ1n) is 14.6. The van der Waals surface area contributed by atoms with E-state index in [9.17, 15) is 31.9 Å². The summed E-state index contributed by atoms with van der Waals surface area (Å²) in [6.45, 7) is -0.0843. The van der Waals surface area contributed by atoms with Crippen LogP contribution in [0.25, 0.3) is 11.0 Å². The molecule has 0 fully saturated rings. The summed E-state index contributed by atoms with van der Waals surface area (Å²) in [7, 11) is 7.64. The van der Waals surface area contributed by atoms with E-state index in [1.165, 1.54) is 70.4 Å². The van der Waals surface area contributed by atoms with Crippen LogP contribution >= 0.6 is 23.5 Å². The number of methoxy groups -OCH3 is 1. The van der Waals surface area contributed by atoms with Crippen molar-refractivity contribution in [3.8, 4) is 0 Å². The average Bonchev–Trinajstić information content (AvgIpc) is 3.12. The summed E-state index contributed by atoms with van der Waals surface area (Å²) in [6.07, 6.45) is 7.59. The normalized spacial score (nSPS) is 10.3. The summed E-state index contributed by atoms with van der Waals surface area (Å²) >= 11 is 2.82. The molecule has 51 heavy (non-hydrogen) atoms. The SMILES string of the molecule is CNc1nc(SC)ncc1C=O.COC(=O)CN(C)c1ccc(F)cc1F.CSc1ncc2cc(N(C)c3ccc(F)cc3F)c(=O)n(C)c2n1. The van der Waals surface area contributed by atoms with E-state index in [-0.39, 0.29) is 29.2 Å². The minimum Gasteiger partial charge on any atom is -0.468 e. The molecule has 0 saturated heterocycles. The van der Waals surface area contributed by atoms with E-state index < -0.39 is 29.2 Å². The Morgan fingerprint density at radius 2 is 1.47 bits per heavy atom. The van der Waals surface area contributed by atoms with Crippen molar-refractivity contribution < 1.29 is 31.9 Å². The molecule has 3 aromatic heterocycles. The second-order valence-corrected chi connectivity index (χ2v) is 11.8. The Balaban J connectivity index is 0.000000224. The first-order valence-corrected chi connectivity index (χ1v) is 17.1. The molecule has 0 spiro atoms. The summed E-state index contributed by atoms with van der Waals surface area (Å²) in [5, 5.41) is 4.69. The van der Waals surface area contributed by atoms with E-state index >= 15 is 0 Å². The molecule has 0 aliphatic carbocycles. The van der Waals surface area contributed by atoms with E-state index in [1.54, 1.807) is 33.4 Å². The number of thioether (sulfide) groups is 2. The molecule has 270 valence electrons. The number of aromatic nitrogens is 5. The third-order valence-electron chi connectivity index (χ3n) is 6.98. The van der Waals surface area contributed by atoms with E-state index in [4.69, 9.17) is 0 Å². The van der Waals surface area contributed by atoms with Crippen molar-refractivity contribution in [1.82, 2.24) is 24.5 Å². The number of likely N-dealkylation sites (N-methyl/N-ethyl adjacent to an activating group) is 1.